The highest BCUT2D eigenvalue weighted by Gasteiger charge is 2.24. The number of hydrogen-bond donors (Lipinski definition) is 2. The van der Waals surface area contributed by atoms with Gasteiger partial charge in [0.05, 0.1) is 22.8 Å². The number of amides is 1. The number of carbonyl (C=O) groups is 2. The second-order valence-electron chi connectivity index (χ2n) is 6.33. The second-order valence-corrected chi connectivity index (χ2v) is 7.33. The zero-order valence-electron chi connectivity index (χ0n) is 14.1. The van der Waals surface area contributed by atoms with E-state index in [1.165, 1.54) is 17.4 Å². The summed E-state index contributed by atoms with van der Waals surface area (Å²) in [4.78, 5) is 28.4. The van der Waals surface area contributed by atoms with E-state index >= 15 is 0 Å². The number of carboxylic acid groups (broad SMARTS) is 1. The number of carbonyl (C=O) groups excluding carboxylic acids is 1. The van der Waals surface area contributed by atoms with Crippen molar-refractivity contribution in [3.05, 3.63) is 30.1 Å². The molecule has 2 heterocycles. The van der Waals surface area contributed by atoms with E-state index in [1.54, 1.807) is 10.8 Å². The zero-order valence-corrected chi connectivity index (χ0v) is 14.9. The Morgan fingerprint density at radius 2 is 2.12 bits per heavy atom. The maximum atomic E-state index is 12.1. The van der Waals surface area contributed by atoms with Crippen molar-refractivity contribution in [2.45, 2.75) is 34.2 Å². The van der Waals surface area contributed by atoms with E-state index in [0.29, 0.717) is 23.1 Å². The summed E-state index contributed by atoms with van der Waals surface area (Å²) in [6.07, 6.45) is 1.64. The zero-order chi connectivity index (χ0) is 18.1. The van der Waals surface area contributed by atoms with Crippen LogP contribution < -0.4 is 5.32 Å². The molecule has 2 rings (SSSR count). The molecule has 0 aliphatic rings. The maximum Gasteiger partial charge on any atom is 0.356 e. The molecule has 0 bridgehead atoms. The topological polar surface area (TPSA) is 97.1 Å². The number of hydrogen-bond acceptors (Lipinski definition) is 5. The summed E-state index contributed by atoms with van der Waals surface area (Å²) >= 11 is 1.29. The molecule has 24 heavy (non-hydrogen) atoms. The lowest BCUT2D eigenvalue weighted by molar-refractivity contribution is -0.123. The Balaban J connectivity index is 2.41. The molecule has 2 N–H and O–H groups in total. The molecule has 128 valence electrons. The molecule has 0 aromatic carbocycles. The van der Waals surface area contributed by atoms with Crippen molar-refractivity contribution >= 4 is 28.3 Å². The molecule has 8 heteroatoms. The van der Waals surface area contributed by atoms with Crippen molar-refractivity contribution in [3.8, 4) is 10.6 Å². The Bertz CT molecular complexity index is 799. The highest BCUT2D eigenvalue weighted by Crippen LogP contribution is 2.34. The smallest absolute Gasteiger partial charge is 0.356 e. The first-order chi connectivity index (χ1) is 11.1. The van der Waals surface area contributed by atoms with Crippen LogP contribution in [-0.4, -0.2) is 31.7 Å². The van der Waals surface area contributed by atoms with Gasteiger partial charge in [0.2, 0.25) is 5.91 Å². The predicted octanol–water partition coefficient (Wildman–Crippen LogP) is 3.18. The summed E-state index contributed by atoms with van der Waals surface area (Å²) < 4.78 is 1.56. The number of allylic oxidation sites excluding steroid dienone is 1. The summed E-state index contributed by atoms with van der Waals surface area (Å²) in [5.41, 5.74) is 0.769. The van der Waals surface area contributed by atoms with Crippen molar-refractivity contribution in [1.82, 2.24) is 14.8 Å². The van der Waals surface area contributed by atoms with Gasteiger partial charge in [-0.3, -0.25) is 9.48 Å². The fourth-order valence-corrected chi connectivity index (χ4v) is 2.92. The Labute approximate surface area is 144 Å². The Morgan fingerprint density at radius 3 is 2.67 bits per heavy atom. The molecule has 0 saturated carbocycles. The molecule has 0 spiro atoms. The van der Waals surface area contributed by atoms with Gasteiger partial charge >= 0.3 is 5.97 Å². The van der Waals surface area contributed by atoms with E-state index in [-0.39, 0.29) is 11.6 Å². The third kappa shape index (κ3) is 3.70. The van der Waals surface area contributed by atoms with Gasteiger partial charge in [-0.15, -0.1) is 6.58 Å². The van der Waals surface area contributed by atoms with Gasteiger partial charge in [0.15, 0.2) is 10.8 Å². The van der Waals surface area contributed by atoms with Crippen LogP contribution in [-0.2, 0) is 11.3 Å². The molecule has 7 nitrogen and oxygen atoms in total. The summed E-state index contributed by atoms with van der Waals surface area (Å²) in [5.74, 6) is -1.23. The van der Waals surface area contributed by atoms with E-state index in [9.17, 15) is 9.59 Å². The van der Waals surface area contributed by atoms with Gasteiger partial charge in [-0.25, -0.2) is 9.78 Å². The SMILES string of the molecule is C=CCn1nc(C(=O)O)cc1-c1sc(NC(=O)C(C)(C)C)nc1C. The van der Waals surface area contributed by atoms with Gasteiger partial charge in [0, 0.05) is 5.41 Å². The third-order valence-electron chi connectivity index (χ3n) is 3.23. The molecule has 0 fully saturated rings. The predicted molar refractivity (Wildman–Crippen MR) is 93.3 cm³/mol. The Morgan fingerprint density at radius 1 is 1.46 bits per heavy atom. The number of aryl methyl sites for hydroxylation is 1. The minimum atomic E-state index is -1.09. The van der Waals surface area contributed by atoms with Gasteiger partial charge in [-0.2, -0.15) is 5.10 Å². The normalized spacial score (nSPS) is 11.3. The summed E-state index contributed by atoms with van der Waals surface area (Å²) in [6.45, 7) is 11.3. The molecule has 0 atom stereocenters. The molecule has 0 aliphatic carbocycles. The van der Waals surface area contributed by atoms with Crippen molar-refractivity contribution in [2.75, 3.05) is 5.32 Å². The van der Waals surface area contributed by atoms with Crippen LogP contribution in [0.3, 0.4) is 0 Å². The van der Waals surface area contributed by atoms with E-state index in [2.05, 4.69) is 22.0 Å². The molecule has 0 radical (unpaired) electrons. The largest absolute Gasteiger partial charge is 0.476 e. The first-order valence-corrected chi connectivity index (χ1v) is 8.16. The number of nitrogens with zero attached hydrogens (tertiary/aromatic N) is 3. The van der Waals surface area contributed by atoms with Crippen molar-refractivity contribution in [2.24, 2.45) is 5.41 Å². The number of nitrogens with one attached hydrogen (secondary N) is 1. The fraction of sp³-hybridized carbons (Fsp3) is 0.375. The molecule has 2 aromatic heterocycles. The van der Waals surface area contributed by atoms with Crippen LogP contribution in [0.2, 0.25) is 0 Å². The van der Waals surface area contributed by atoms with E-state index in [4.69, 9.17) is 5.11 Å². The number of anilines is 1. The number of aromatic nitrogens is 3. The van der Waals surface area contributed by atoms with Crippen molar-refractivity contribution in [1.29, 1.82) is 0 Å². The third-order valence-corrected chi connectivity index (χ3v) is 4.33. The van der Waals surface area contributed by atoms with E-state index < -0.39 is 11.4 Å². The monoisotopic (exact) mass is 348 g/mol. The summed E-state index contributed by atoms with van der Waals surface area (Å²) in [7, 11) is 0. The first-order valence-electron chi connectivity index (χ1n) is 7.34. The minimum absolute atomic E-state index is 0.0417. The number of thiazole rings is 1. The average Bonchev–Trinajstić information content (AvgIpc) is 3.02. The van der Waals surface area contributed by atoms with Crippen LogP contribution in [0.25, 0.3) is 10.6 Å². The maximum absolute atomic E-state index is 12.1. The van der Waals surface area contributed by atoms with E-state index in [1.807, 2.05) is 27.7 Å². The Hall–Kier alpha value is -2.48. The number of aromatic carboxylic acids is 1. The molecule has 1 amide bonds. The van der Waals surface area contributed by atoms with Gasteiger partial charge in [0.25, 0.3) is 0 Å². The van der Waals surface area contributed by atoms with Crippen LogP contribution in [0.5, 0.6) is 0 Å². The standard InChI is InChI=1S/C16H20N4O3S/c1-6-7-20-11(8-10(19-20)13(21)22)12-9(2)17-15(24-12)18-14(23)16(3,4)5/h6,8H,1,7H2,2-5H3,(H,21,22)(H,17,18,23). The number of rotatable bonds is 5. The van der Waals surface area contributed by atoms with Gasteiger partial charge in [0.1, 0.15) is 0 Å². The summed E-state index contributed by atoms with van der Waals surface area (Å²) in [5, 5.41) is 16.5. The molecule has 0 saturated heterocycles. The quantitative estimate of drug-likeness (QED) is 0.809. The van der Waals surface area contributed by atoms with Crippen LogP contribution in [0.15, 0.2) is 18.7 Å². The summed E-state index contributed by atoms with van der Waals surface area (Å²) in [6, 6.07) is 1.50. The van der Waals surface area contributed by atoms with Gasteiger partial charge < -0.3 is 10.4 Å². The number of carboxylic acids is 1. The second kappa shape index (κ2) is 6.56. The fourth-order valence-electron chi connectivity index (χ4n) is 1.94. The lowest BCUT2D eigenvalue weighted by atomic mass is 9.96. The first kappa shape index (κ1) is 17.9. The highest BCUT2D eigenvalue weighted by atomic mass is 32.1. The molecular formula is C16H20N4O3S. The van der Waals surface area contributed by atoms with Gasteiger partial charge in [-0.1, -0.05) is 38.2 Å². The van der Waals surface area contributed by atoms with Crippen LogP contribution >= 0.6 is 11.3 Å². The van der Waals surface area contributed by atoms with Crippen LogP contribution in [0, 0.1) is 12.3 Å². The Kier molecular flexibility index (Phi) is 4.88. The highest BCUT2D eigenvalue weighted by molar-refractivity contribution is 7.19. The minimum Gasteiger partial charge on any atom is -0.476 e. The van der Waals surface area contributed by atoms with Crippen molar-refractivity contribution < 1.29 is 14.7 Å². The molecular weight excluding hydrogens is 328 g/mol. The van der Waals surface area contributed by atoms with Crippen molar-refractivity contribution in [3.63, 3.8) is 0 Å². The lowest BCUT2D eigenvalue weighted by Gasteiger charge is -2.15. The molecule has 0 unspecified atom stereocenters. The average molecular weight is 348 g/mol. The van der Waals surface area contributed by atoms with Gasteiger partial charge in [-0.05, 0) is 13.0 Å². The van der Waals surface area contributed by atoms with E-state index in [0.717, 1.165) is 4.88 Å². The van der Waals surface area contributed by atoms with Crippen LogP contribution in [0.1, 0.15) is 37.0 Å². The van der Waals surface area contributed by atoms with Crippen LogP contribution in [0.4, 0.5) is 5.13 Å². The molecule has 0 aliphatic heterocycles. The molecule has 2 aromatic rings. The lowest BCUT2D eigenvalue weighted by Crippen LogP contribution is -2.27.